The van der Waals surface area contributed by atoms with E-state index in [1.807, 2.05) is 12.3 Å². The van der Waals surface area contributed by atoms with E-state index in [0.29, 0.717) is 0 Å². The van der Waals surface area contributed by atoms with E-state index in [4.69, 9.17) is 0 Å². The number of halogens is 1. The molecule has 1 aromatic heterocycles. The van der Waals surface area contributed by atoms with Crippen molar-refractivity contribution in [3.8, 4) is 0 Å². The first-order chi connectivity index (χ1) is 7.34. The number of pyridine rings is 1. The summed E-state index contributed by atoms with van der Waals surface area (Å²) < 4.78 is 0. The number of nitrogens with zero attached hydrogens (tertiary/aromatic N) is 1. The SMILES string of the molecule is CCCCCCNCc1cccnc1C.Cl. The van der Waals surface area contributed by atoms with Gasteiger partial charge in [-0.15, -0.1) is 12.4 Å². The molecule has 0 saturated heterocycles. The van der Waals surface area contributed by atoms with E-state index < -0.39 is 0 Å². The Bertz CT molecular complexity index is 276. The van der Waals surface area contributed by atoms with Crippen LogP contribution in [0.25, 0.3) is 0 Å². The standard InChI is InChI=1S/C13H22N2.ClH/c1-3-4-5-6-9-14-11-13-8-7-10-15-12(13)2;/h7-8,10,14H,3-6,9,11H2,1-2H3;1H. The van der Waals surface area contributed by atoms with Gasteiger partial charge in [0.1, 0.15) is 0 Å². The Morgan fingerprint density at radius 3 is 2.75 bits per heavy atom. The predicted molar refractivity (Wildman–Crippen MR) is 72.1 cm³/mol. The van der Waals surface area contributed by atoms with Crippen LogP contribution in [0.4, 0.5) is 0 Å². The van der Waals surface area contributed by atoms with Gasteiger partial charge < -0.3 is 5.32 Å². The average molecular weight is 243 g/mol. The summed E-state index contributed by atoms with van der Waals surface area (Å²) in [4.78, 5) is 4.27. The molecule has 3 heteroatoms. The van der Waals surface area contributed by atoms with Crippen molar-refractivity contribution in [3.05, 3.63) is 29.6 Å². The molecule has 0 bridgehead atoms. The molecule has 0 unspecified atom stereocenters. The maximum atomic E-state index is 4.27. The third-order valence-corrected chi connectivity index (χ3v) is 2.64. The van der Waals surface area contributed by atoms with Gasteiger partial charge in [0.15, 0.2) is 0 Å². The summed E-state index contributed by atoms with van der Waals surface area (Å²) in [5, 5.41) is 3.46. The first-order valence-corrected chi connectivity index (χ1v) is 5.95. The topological polar surface area (TPSA) is 24.9 Å². The number of hydrogen-bond donors (Lipinski definition) is 1. The highest BCUT2D eigenvalue weighted by molar-refractivity contribution is 5.85. The van der Waals surface area contributed by atoms with Crippen molar-refractivity contribution in [2.75, 3.05) is 6.54 Å². The van der Waals surface area contributed by atoms with Gasteiger partial charge >= 0.3 is 0 Å². The Kier molecular flexibility index (Phi) is 9.25. The summed E-state index contributed by atoms with van der Waals surface area (Å²) in [6.45, 7) is 6.38. The van der Waals surface area contributed by atoms with Crippen molar-refractivity contribution in [1.29, 1.82) is 0 Å². The second-order valence-electron chi connectivity index (χ2n) is 3.99. The minimum atomic E-state index is 0. The third kappa shape index (κ3) is 6.09. The number of unbranched alkanes of at least 4 members (excludes halogenated alkanes) is 3. The molecule has 0 aromatic carbocycles. The van der Waals surface area contributed by atoms with Crippen molar-refractivity contribution in [2.45, 2.75) is 46.1 Å². The van der Waals surface area contributed by atoms with Crippen LogP contribution in [-0.4, -0.2) is 11.5 Å². The minimum absolute atomic E-state index is 0. The first-order valence-electron chi connectivity index (χ1n) is 5.95. The molecule has 0 amide bonds. The van der Waals surface area contributed by atoms with Gasteiger partial charge in [-0.05, 0) is 31.5 Å². The van der Waals surface area contributed by atoms with Gasteiger partial charge in [-0.25, -0.2) is 0 Å². The summed E-state index contributed by atoms with van der Waals surface area (Å²) in [7, 11) is 0. The van der Waals surface area contributed by atoms with Crippen molar-refractivity contribution in [2.24, 2.45) is 0 Å². The molecule has 92 valence electrons. The van der Waals surface area contributed by atoms with E-state index in [-0.39, 0.29) is 12.4 Å². The molecule has 0 atom stereocenters. The molecule has 0 aliphatic rings. The summed E-state index contributed by atoms with van der Waals surface area (Å²) in [6.07, 6.45) is 7.14. The molecule has 1 aromatic rings. The van der Waals surface area contributed by atoms with Crippen molar-refractivity contribution in [1.82, 2.24) is 10.3 Å². The highest BCUT2D eigenvalue weighted by Crippen LogP contribution is 2.03. The van der Waals surface area contributed by atoms with Crippen LogP contribution in [0.5, 0.6) is 0 Å². The molecular weight excluding hydrogens is 220 g/mol. The lowest BCUT2D eigenvalue weighted by atomic mass is 10.2. The normalized spacial score (nSPS) is 9.88. The van der Waals surface area contributed by atoms with Crippen LogP contribution >= 0.6 is 12.4 Å². The Balaban J connectivity index is 0.00000225. The van der Waals surface area contributed by atoms with Gasteiger partial charge in [0, 0.05) is 18.4 Å². The van der Waals surface area contributed by atoms with E-state index in [1.165, 1.54) is 31.2 Å². The number of aryl methyl sites for hydroxylation is 1. The zero-order valence-electron chi connectivity index (χ0n) is 10.3. The fourth-order valence-corrected chi connectivity index (χ4v) is 1.60. The van der Waals surface area contributed by atoms with Gasteiger partial charge in [0.25, 0.3) is 0 Å². The summed E-state index contributed by atoms with van der Waals surface area (Å²) >= 11 is 0. The average Bonchev–Trinajstić information content (AvgIpc) is 2.25. The van der Waals surface area contributed by atoms with Crippen LogP contribution in [0.3, 0.4) is 0 Å². The van der Waals surface area contributed by atoms with E-state index in [1.54, 1.807) is 0 Å². The first kappa shape index (κ1) is 15.4. The molecule has 2 nitrogen and oxygen atoms in total. The zero-order chi connectivity index (χ0) is 10.9. The highest BCUT2D eigenvalue weighted by atomic mass is 35.5. The summed E-state index contributed by atoms with van der Waals surface area (Å²) in [6, 6.07) is 4.14. The minimum Gasteiger partial charge on any atom is -0.313 e. The van der Waals surface area contributed by atoms with Gasteiger partial charge in [-0.3, -0.25) is 4.98 Å². The Labute approximate surface area is 105 Å². The van der Waals surface area contributed by atoms with Crippen LogP contribution in [0.15, 0.2) is 18.3 Å². The molecule has 1 rings (SSSR count). The lowest BCUT2D eigenvalue weighted by Crippen LogP contribution is -2.15. The number of aromatic nitrogens is 1. The predicted octanol–water partition coefficient (Wildman–Crippen LogP) is 3.48. The maximum absolute atomic E-state index is 4.27. The van der Waals surface area contributed by atoms with E-state index in [2.05, 4.69) is 30.2 Å². The zero-order valence-corrected chi connectivity index (χ0v) is 11.1. The Morgan fingerprint density at radius 1 is 1.25 bits per heavy atom. The van der Waals surface area contributed by atoms with Gasteiger partial charge in [-0.2, -0.15) is 0 Å². The van der Waals surface area contributed by atoms with Crippen LogP contribution in [0.1, 0.15) is 43.9 Å². The molecule has 1 N–H and O–H groups in total. The van der Waals surface area contributed by atoms with Crippen molar-refractivity contribution >= 4 is 12.4 Å². The molecule has 0 aliphatic heterocycles. The van der Waals surface area contributed by atoms with E-state index in [0.717, 1.165) is 18.8 Å². The Hall–Kier alpha value is -0.600. The van der Waals surface area contributed by atoms with Crippen LogP contribution in [0.2, 0.25) is 0 Å². The molecule has 0 saturated carbocycles. The smallest absolute Gasteiger partial charge is 0.0417 e. The quantitative estimate of drug-likeness (QED) is 0.741. The van der Waals surface area contributed by atoms with Crippen molar-refractivity contribution < 1.29 is 0 Å². The number of nitrogens with one attached hydrogen (secondary N) is 1. The monoisotopic (exact) mass is 242 g/mol. The molecule has 0 fully saturated rings. The third-order valence-electron chi connectivity index (χ3n) is 2.64. The van der Waals surface area contributed by atoms with Crippen molar-refractivity contribution in [3.63, 3.8) is 0 Å². The second-order valence-corrected chi connectivity index (χ2v) is 3.99. The molecule has 16 heavy (non-hydrogen) atoms. The van der Waals surface area contributed by atoms with Crippen LogP contribution < -0.4 is 5.32 Å². The second kappa shape index (κ2) is 9.61. The number of rotatable bonds is 7. The summed E-state index contributed by atoms with van der Waals surface area (Å²) in [5.74, 6) is 0. The Morgan fingerprint density at radius 2 is 2.06 bits per heavy atom. The molecule has 0 aliphatic carbocycles. The lowest BCUT2D eigenvalue weighted by Gasteiger charge is -2.06. The van der Waals surface area contributed by atoms with Crippen LogP contribution in [0, 0.1) is 6.92 Å². The van der Waals surface area contributed by atoms with Gasteiger partial charge in [-0.1, -0.05) is 32.3 Å². The fourth-order valence-electron chi connectivity index (χ4n) is 1.60. The van der Waals surface area contributed by atoms with Gasteiger partial charge in [0.2, 0.25) is 0 Å². The van der Waals surface area contributed by atoms with Gasteiger partial charge in [0.05, 0.1) is 0 Å². The summed E-state index contributed by atoms with van der Waals surface area (Å²) in [5.41, 5.74) is 2.45. The number of hydrogen-bond acceptors (Lipinski definition) is 2. The van der Waals surface area contributed by atoms with Crippen LogP contribution in [-0.2, 0) is 6.54 Å². The molecule has 0 spiro atoms. The van der Waals surface area contributed by atoms with E-state index >= 15 is 0 Å². The van der Waals surface area contributed by atoms with E-state index in [9.17, 15) is 0 Å². The molecule has 1 heterocycles. The largest absolute Gasteiger partial charge is 0.313 e. The lowest BCUT2D eigenvalue weighted by molar-refractivity contribution is 0.596. The maximum Gasteiger partial charge on any atom is 0.0417 e. The molecular formula is C13H23ClN2. The highest BCUT2D eigenvalue weighted by Gasteiger charge is 1.96. The fraction of sp³-hybridized carbons (Fsp3) is 0.615. The molecule has 0 radical (unpaired) electrons.